The van der Waals surface area contributed by atoms with Gasteiger partial charge in [-0.25, -0.2) is 4.98 Å². The largest absolute Gasteiger partial charge is 0.481 e. The first-order chi connectivity index (χ1) is 20.4. The van der Waals surface area contributed by atoms with Crippen LogP contribution in [0, 0.1) is 0 Å². The Morgan fingerprint density at radius 2 is 1.31 bits per heavy atom. The van der Waals surface area contributed by atoms with Crippen molar-refractivity contribution >= 4 is 5.76 Å². The van der Waals surface area contributed by atoms with Crippen LogP contribution >= 0.6 is 0 Å². The van der Waals surface area contributed by atoms with Gasteiger partial charge in [-0.3, -0.25) is 0 Å². The third kappa shape index (κ3) is 6.69. The molecule has 3 N–H and O–H groups in total. The number of aliphatic hydroxyl groups is 3. The second kappa shape index (κ2) is 13.3. The molecule has 0 radical (unpaired) electrons. The van der Waals surface area contributed by atoms with Crippen LogP contribution in [0.5, 0.6) is 5.88 Å². The minimum Gasteiger partial charge on any atom is -0.481 e. The van der Waals surface area contributed by atoms with Crippen LogP contribution in [-0.2, 0) is 38.8 Å². The molecule has 1 aliphatic rings. The molecule has 0 spiro atoms. The number of hydrogen-bond donors (Lipinski definition) is 3. The number of ether oxygens (including phenoxy) is 5. The Bertz CT molecular complexity index is 1440. The second-order valence-corrected chi connectivity index (χ2v) is 9.76. The predicted octanol–water partition coefficient (Wildman–Crippen LogP) is 4.18. The van der Waals surface area contributed by atoms with Crippen LogP contribution in [0.25, 0.3) is 5.76 Å². The molecular weight excluding hydrogens is 538 g/mol. The van der Waals surface area contributed by atoms with E-state index >= 15 is 0 Å². The molecule has 42 heavy (non-hydrogen) atoms. The molecule has 0 amide bonds. The summed E-state index contributed by atoms with van der Waals surface area (Å²) in [5, 5.41) is 35.6. The monoisotopic (exact) mass is 571 g/mol. The third-order valence-corrected chi connectivity index (χ3v) is 6.84. The zero-order valence-corrected chi connectivity index (χ0v) is 23.1. The molecule has 2 heterocycles. The summed E-state index contributed by atoms with van der Waals surface area (Å²) in [6.45, 7) is -0.220. The number of benzene rings is 3. The Morgan fingerprint density at radius 3 is 1.83 bits per heavy atom. The number of hydrogen-bond acceptors (Lipinski definition) is 9. The standard InChI is InChI=1S/C33H33NO8/c1-38-29-18-17-27(20-34-29)28-19-32(36,40-22-25-13-7-3-8-14-25)33(37,41-23-26-15-9-4-10-16-26)30(42-28)31(35)39-21-24-11-5-2-6-12-24/h2-20,30-31,35-37H,21-23H2,1H3/t30-,31?,32+,33+/m1/s1. The van der Waals surface area contributed by atoms with Gasteiger partial charge in [0.05, 0.1) is 26.9 Å². The summed E-state index contributed by atoms with van der Waals surface area (Å²) in [5.41, 5.74) is 2.67. The summed E-state index contributed by atoms with van der Waals surface area (Å²) in [6.07, 6.45) is -0.725. The van der Waals surface area contributed by atoms with Crippen molar-refractivity contribution in [1.82, 2.24) is 4.98 Å². The van der Waals surface area contributed by atoms with Gasteiger partial charge in [0.25, 0.3) is 5.79 Å². The molecule has 0 saturated heterocycles. The zero-order valence-electron chi connectivity index (χ0n) is 23.1. The first-order valence-corrected chi connectivity index (χ1v) is 13.4. The molecule has 4 aromatic rings. The molecule has 5 rings (SSSR count). The van der Waals surface area contributed by atoms with E-state index in [0.29, 0.717) is 17.0 Å². The highest BCUT2D eigenvalue weighted by Crippen LogP contribution is 2.43. The van der Waals surface area contributed by atoms with Crippen molar-refractivity contribution in [1.29, 1.82) is 0 Å². The van der Waals surface area contributed by atoms with Crippen molar-refractivity contribution in [3.05, 3.63) is 138 Å². The van der Waals surface area contributed by atoms with E-state index in [1.54, 1.807) is 24.3 Å². The van der Waals surface area contributed by atoms with Crippen molar-refractivity contribution in [2.24, 2.45) is 0 Å². The minimum atomic E-state index is -2.63. The van der Waals surface area contributed by atoms with Crippen molar-refractivity contribution in [2.45, 2.75) is 43.8 Å². The van der Waals surface area contributed by atoms with E-state index in [1.807, 2.05) is 78.9 Å². The van der Waals surface area contributed by atoms with E-state index in [0.717, 1.165) is 11.1 Å². The summed E-state index contributed by atoms with van der Waals surface area (Å²) in [6, 6.07) is 30.8. The quantitative estimate of drug-likeness (QED) is 0.215. The number of rotatable bonds is 12. The molecule has 4 atom stereocenters. The van der Waals surface area contributed by atoms with E-state index in [9.17, 15) is 15.3 Å². The summed E-state index contributed by atoms with van der Waals surface area (Å²) >= 11 is 0. The molecule has 1 aromatic heterocycles. The summed E-state index contributed by atoms with van der Waals surface area (Å²) < 4.78 is 29.1. The van der Waals surface area contributed by atoms with E-state index in [1.165, 1.54) is 19.4 Å². The maximum atomic E-state index is 12.2. The lowest BCUT2D eigenvalue weighted by Gasteiger charge is -2.48. The highest BCUT2D eigenvalue weighted by atomic mass is 16.7. The molecule has 3 aromatic carbocycles. The van der Waals surface area contributed by atoms with Crippen LogP contribution in [0.2, 0.25) is 0 Å². The SMILES string of the molecule is COc1ccc(C2=C[C@](O)(OCc3ccccc3)[C@@](O)(OCc3ccccc3)[C@@H](C(O)OCc3ccccc3)O2)cn1. The van der Waals surface area contributed by atoms with Gasteiger partial charge in [0, 0.05) is 23.9 Å². The average molecular weight is 572 g/mol. The minimum absolute atomic E-state index is 0.00305. The molecular formula is C33H33NO8. The van der Waals surface area contributed by atoms with Gasteiger partial charge in [-0.1, -0.05) is 91.0 Å². The van der Waals surface area contributed by atoms with Crippen LogP contribution in [0.1, 0.15) is 22.3 Å². The normalized spacial score (nSPS) is 22.6. The van der Waals surface area contributed by atoms with Crippen molar-refractivity contribution in [2.75, 3.05) is 7.11 Å². The van der Waals surface area contributed by atoms with E-state index in [2.05, 4.69) is 4.98 Å². The van der Waals surface area contributed by atoms with E-state index in [-0.39, 0.29) is 25.6 Å². The first-order valence-electron chi connectivity index (χ1n) is 13.4. The molecule has 9 heteroatoms. The van der Waals surface area contributed by atoms with Crippen LogP contribution in [0.3, 0.4) is 0 Å². The highest BCUT2D eigenvalue weighted by molar-refractivity contribution is 5.62. The van der Waals surface area contributed by atoms with Gasteiger partial charge in [-0.2, -0.15) is 0 Å². The van der Waals surface area contributed by atoms with Gasteiger partial charge in [0.2, 0.25) is 17.8 Å². The van der Waals surface area contributed by atoms with Gasteiger partial charge < -0.3 is 39.0 Å². The van der Waals surface area contributed by atoms with Gasteiger partial charge >= 0.3 is 0 Å². The fraction of sp³-hybridized carbons (Fsp3) is 0.242. The number of methoxy groups -OCH3 is 1. The van der Waals surface area contributed by atoms with Crippen LogP contribution < -0.4 is 4.74 Å². The van der Waals surface area contributed by atoms with Gasteiger partial charge in [0.1, 0.15) is 5.76 Å². The molecule has 1 unspecified atom stereocenters. The first kappa shape index (κ1) is 29.4. The molecule has 0 aliphatic carbocycles. The van der Waals surface area contributed by atoms with Gasteiger partial charge in [0.15, 0.2) is 6.29 Å². The fourth-order valence-corrected chi connectivity index (χ4v) is 4.49. The molecule has 0 fully saturated rings. The zero-order chi connectivity index (χ0) is 29.4. The van der Waals surface area contributed by atoms with Crippen LogP contribution in [0.4, 0.5) is 0 Å². The van der Waals surface area contributed by atoms with Crippen molar-refractivity contribution < 1.29 is 39.0 Å². The highest BCUT2D eigenvalue weighted by Gasteiger charge is 2.63. The van der Waals surface area contributed by atoms with Crippen LogP contribution in [-0.4, -0.2) is 51.4 Å². The Balaban J connectivity index is 1.53. The van der Waals surface area contributed by atoms with E-state index in [4.69, 9.17) is 23.7 Å². The number of aliphatic hydroxyl groups excluding tert-OH is 1. The maximum Gasteiger partial charge on any atom is 0.269 e. The lowest BCUT2D eigenvalue weighted by molar-refractivity contribution is -0.420. The smallest absolute Gasteiger partial charge is 0.269 e. The second-order valence-electron chi connectivity index (χ2n) is 9.76. The molecule has 0 bridgehead atoms. The predicted molar refractivity (Wildman–Crippen MR) is 153 cm³/mol. The Morgan fingerprint density at radius 1 is 0.762 bits per heavy atom. The van der Waals surface area contributed by atoms with Gasteiger partial charge in [-0.15, -0.1) is 0 Å². The molecule has 1 aliphatic heterocycles. The van der Waals surface area contributed by atoms with Crippen LogP contribution in [0.15, 0.2) is 115 Å². The number of pyridine rings is 1. The molecule has 218 valence electrons. The number of nitrogens with zero attached hydrogens (tertiary/aromatic N) is 1. The molecule has 9 nitrogen and oxygen atoms in total. The third-order valence-electron chi connectivity index (χ3n) is 6.84. The summed E-state index contributed by atoms with van der Waals surface area (Å²) in [7, 11) is 1.50. The number of aromatic nitrogens is 1. The Kier molecular flexibility index (Phi) is 9.28. The average Bonchev–Trinajstić information content (AvgIpc) is 3.04. The Hall–Kier alpha value is -4.09. The van der Waals surface area contributed by atoms with Crippen molar-refractivity contribution in [3.63, 3.8) is 0 Å². The van der Waals surface area contributed by atoms with E-state index < -0.39 is 24.0 Å². The molecule has 0 saturated carbocycles. The van der Waals surface area contributed by atoms with Crippen molar-refractivity contribution in [3.8, 4) is 5.88 Å². The van der Waals surface area contributed by atoms with Gasteiger partial charge in [-0.05, 0) is 22.8 Å². The maximum absolute atomic E-state index is 12.2. The summed E-state index contributed by atoms with van der Waals surface area (Å²) in [5.74, 6) is -4.68. The lowest BCUT2D eigenvalue weighted by atomic mass is 9.93. The topological polar surface area (TPSA) is 120 Å². The Labute approximate surface area is 244 Å². The summed E-state index contributed by atoms with van der Waals surface area (Å²) in [4.78, 5) is 4.22. The lowest BCUT2D eigenvalue weighted by Crippen LogP contribution is -2.68. The fourth-order valence-electron chi connectivity index (χ4n) is 4.49.